The van der Waals surface area contributed by atoms with E-state index >= 15 is 0 Å². The minimum atomic E-state index is -0.880. The molecule has 0 aliphatic carbocycles. The average molecular weight is 368 g/mol. The van der Waals surface area contributed by atoms with E-state index < -0.39 is 18.4 Å². The van der Waals surface area contributed by atoms with E-state index in [1.807, 2.05) is 31.5 Å². The van der Waals surface area contributed by atoms with Gasteiger partial charge in [-0.1, -0.05) is 18.2 Å². The summed E-state index contributed by atoms with van der Waals surface area (Å²) in [5.74, 6) is -1.66. The van der Waals surface area contributed by atoms with Gasteiger partial charge in [0.1, 0.15) is 0 Å². The number of anilines is 1. The van der Waals surface area contributed by atoms with Crippen LogP contribution in [0.2, 0.25) is 0 Å². The molecule has 0 atom stereocenters. The number of Topliss-reactive ketones (excluding diaryl/α,β-unsaturated/α-hetero) is 2. The summed E-state index contributed by atoms with van der Waals surface area (Å²) in [4.78, 5) is 36.8. The molecule has 7 heteroatoms. The molecular weight excluding hydrogens is 348 g/mol. The van der Waals surface area contributed by atoms with Crippen LogP contribution < -0.4 is 5.32 Å². The van der Waals surface area contributed by atoms with Gasteiger partial charge in [-0.15, -0.1) is 0 Å². The SMILES string of the molecule is Cc1cc(C(=O)COC(=O)C2=C(Nc3ccccc3)OCC2=O)c(C)n1C. The summed E-state index contributed by atoms with van der Waals surface area (Å²) in [6.45, 7) is 3.01. The summed E-state index contributed by atoms with van der Waals surface area (Å²) in [6, 6.07) is 10.7. The Morgan fingerprint density at radius 1 is 1.22 bits per heavy atom. The first-order valence-electron chi connectivity index (χ1n) is 8.44. The Morgan fingerprint density at radius 2 is 1.93 bits per heavy atom. The van der Waals surface area contributed by atoms with Gasteiger partial charge in [-0.3, -0.25) is 9.59 Å². The Kier molecular flexibility index (Phi) is 5.12. The van der Waals surface area contributed by atoms with E-state index in [0.717, 1.165) is 11.4 Å². The quantitative estimate of drug-likeness (QED) is 0.478. The highest BCUT2D eigenvalue weighted by Gasteiger charge is 2.33. The van der Waals surface area contributed by atoms with Crippen LogP contribution in [0.4, 0.5) is 5.69 Å². The fraction of sp³-hybridized carbons (Fsp3) is 0.250. The van der Waals surface area contributed by atoms with Crippen molar-refractivity contribution in [1.29, 1.82) is 0 Å². The van der Waals surface area contributed by atoms with Gasteiger partial charge in [0.15, 0.2) is 18.8 Å². The van der Waals surface area contributed by atoms with Crippen molar-refractivity contribution in [2.24, 2.45) is 7.05 Å². The second-order valence-corrected chi connectivity index (χ2v) is 6.25. The van der Waals surface area contributed by atoms with Crippen molar-refractivity contribution < 1.29 is 23.9 Å². The fourth-order valence-electron chi connectivity index (χ4n) is 2.79. The van der Waals surface area contributed by atoms with Crippen molar-refractivity contribution in [2.75, 3.05) is 18.5 Å². The van der Waals surface area contributed by atoms with Gasteiger partial charge in [-0.2, -0.15) is 0 Å². The van der Waals surface area contributed by atoms with Crippen LogP contribution in [0.5, 0.6) is 0 Å². The summed E-state index contributed by atoms with van der Waals surface area (Å²) in [7, 11) is 1.86. The van der Waals surface area contributed by atoms with Crippen molar-refractivity contribution >= 4 is 23.2 Å². The third-order valence-electron chi connectivity index (χ3n) is 4.50. The molecule has 1 aliphatic rings. The van der Waals surface area contributed by atoms with Crippen LogP contribution in [0, 0.1) is 13.8 Å². The standard InChI is InChI=1S/C20H20N2O5/c1-12-9-15(13(2)22(12)3)16(23)10-27-20(25)18-17(24)11-26-19(18)21-14-7-5-4-6-8-14/h4-9,21H,10-11H2,1-3H3. The van der Waals surface area contributed by atoms with E-state index in [0.29, 0.717) is 11.3 Å². The molecular formula is C20H20N2O5. The first-order valence-corrected chi connectivity index (χ1v) is 8.44. The molecule has 0 fully saturated rings. The molecule has 0 spiro atoms. The van der Waals surface area contributed by atoms with E-state index in [1.165, 1.54) is 0 Å². The van der Waals surface area contributed by atoms with Crippen LogP contribution in [0.3, 0.4) is 0 Å². The highest BCUT2D eigenvalue weighted by Crippen LogP contribution is 2.21. The lowest BCUT2D eigenvalue weighted by atomic mass is 10.1. The number of carbonyl (C=O) groups excluding carboxylic acids is 3. The number of ether oxygens (including phenoxy) is 2. The van der Waals surface area contributed by atoms with E-state index in [4.69, 9.17) is 9.47 Å². The number of rotatable bonds is 6. The van der Waals surface area contributed by atoms with Gasteiger partial charge in [0.2, 0.25) is 17.4 Å². The number of benzene rings is 1. The maximum absolute atomic E-state index is 12.4. The second kappa shape index (κ2) is 7.49. The third-order valence-corrected chi connectivity index (χ3v) is 4.50. The summed E-state index contributed by atoms with van der Waals surface area (Å²) in [5, 5.41) is 2.89. The summed E-state index contributed by atoms with van der Waals surface area (Å²) in [5.41, 5.74) is 2.66. The van der Waals surface area contributed by atoms with E-state index in [-0.39, 0.29) is 23.8 Å². The molecule has 140 valence electrons. The van der Waals surface area contributed by atoms with Crippen LogP contribution in [-0.2, 0) is 26.1 Å². The molecule has 2 heterocycles. The Hall–Kier alpha value is -3.35. The largest absolute Gasteiger partial charge is 0.470 e. The number of aryl methyl sites for hydroxylation is 1. The van der Waals surface area contributed by atoms with Crippen LogP contribution in [0.15, 0.2) is 47.9 Å². The highest BCUT2D eigenvalue weighted by atomic mass is 16.5. The normalized spacial score (nSPS) is 13.5. The monoisotopic (exact) mass is 368 g/mol. The van der Waals surface area contributed by atoms with Crippen molar-refractivity contribution in [1.82, 2.24) is 4.57 Å². The van der Waals surface area contributed by atoms with Crippen molar-refractivity contribution in [3.05, 3.63) is 64.8 Å². The molecule has 0 unspecified atom stereocenters. The lowest BCUT2D eigenvalue weighted by Gasteiger charge is -2.09. The predicted octanol–water partition coefficient (Wildman–Crippen LogP) is 2.29. The number of hydrogen-bond donors (Lipinski definition) is 1. The fourth-order valence-corrected chi connectivity index (χ4v) is 2.79. The van der Waals surface area contributed by atoms with Crippen LogP contribution in [0.25, 0.3) is 0 Å². The molecule has 0 saturated heterocycles. The van der Waals surface area contributed by atoms with Gasteiger partial charge in [0.25, 0.3) is 0 Å². The lowest BCUT2D eigenvalue weighted by molar-refractivity contribution is -0.139. The number of carbonyl (C=O) groups is 3. The Morgan fingerprint density at radius 3 is 2.56 bits per heavy atom. The van der Waals surface area contributed by atoms with E-state index in [1.54, 1.807) is 30.3 Å². The Labute approximate surface area is 156 Å². The summed E-state index contributed by atoms with van der Waals surface area (Å²) < 4.78 is 12.2. The molecule has 0 radical (unpaired) electrons. The molecule has 3 rings (SSSR count). The predicted molar refractivity (Wildman–Crippen MR) is 98.2 cm³/mol. The number of nitrogens with zero attached hydrogens (tertiary/aromatic N) is 1. The van der Waals surface area contributed by atoms with Crippen LogP contribution in [-0.4, -0.2) is 35.3 Å². The summed E-state index contributed by atoms with van der Waals surface area (Å²) in [6.07, 6.45) is 0. The number of esters is 1. The summed E-state index contributed by atoms with van der Waals surface area (Å²) >= 11 is 0. The number of aromatic nitrogens is 1. The van der Waals surface area contributed by atoms with Crippen molar-refractivity contribution in [3.63, 3.8) is 0 Å². The zero-order valence-electron chi connectivity index (χ0n) is 15.4. The minimum absolute atomic E-state index is 0.0374. The molecule has 2 aromatic rings. The molecule has 0 saturated carbocycles. The van der Waals surface area contributed by atoms with E-state index in [9.17, 15) is 14.4 Å². The van der Waals surface area contributed by atoms with Gasteiger partial charge < -0.3 is 19.4 Å². The maximum atomic E-state index is 12.4. The lowest BCUT2D eigenvalue weighted by Crippen LogP contribution is -2.20. The topological polar surface area (TPSA) is 86.6 Å². The molecule has 1 aliphatic heterocycles. The zero-order chi connectivity index (χ0) is 19.6. The highest BCUT2D eigenvalue weighted by molar-refractivity contribution is 6.20. The number of ketones is 2. The molecule has 27 heavy (non-hydrogen) atoms. The smallest absolute Gasteiger partial charge is 0.347 e. The Bertz CT molecular complexity index is 941. The first-order chi connectivity index (χ1) is 12.9. The van der Waals surface area contributed by atoms with E-state index in [2.05, 4.69) is 5.32 Å². The molecule has 1 aromatic carbocycles. The number of nitrogens with one attached hydrogen (secondary N) is 1. The van der Waals surface area contributed by atoms with Gasteiger partial charge in [-0.25, -0.2) is 4.79 Å². The molecule has 1 aromatic heterocycles. The van der Waals surface area contributed by atoms with Crippen molar-refractivity contribution in [2.45, 2.75) is 13.8 Å². The number of hydrogen-bond acceptors (Lipinski definition) is 6. The second-order valence-electron chi connectivity index (χ2n) is 6.25. The van der Waals surface area contributed by atoms with Crippen LogP contribution in [0.1, 0.15) is 21.7 Å². The zero-order valence-corrected chi connectivity index (χ0v) is 15.4. The van der Waals surface area contributed by atoms with Gasteiger partial charge in [0, 0.05) is 29.7 Å². The van der Waals surface area contributed by atoms with Gasteiger partial charge in [0.05, 0.1) is 0 Å². The molecule has 0 bridgehead atoms. The average Bonchev–Trinajstić information content (AvgIpc) is 3.15. The number of para-hydroxylation sites is 1. The first kappa shape index (κ1) is 18.4. The van der Waals surface area contributed by atoms with Crippen molar-refractivity contribution in [3.8, 4) is 0 Å². The van der Waals surface area contributed by atoms with Gasteiger partial charge >= 0.3 is 5.97 Å². The van der Waals surface area contributed by atoms with Gasteiger partial charge in [-0.05, 0) is 32.0 Å². The maximum Gasteiger partial charge on any atom is 0.347 e. The third kappa shape index (κ3) is 3.76. The molecule has 1 N–H and O–H groups in total. The van der Waals surface area contributed by atoms with Crippen LogP contribution >= 0.6 is 0 Å². The molecule has 0 amide bonds. The Balaban J connectivity index is 1.71. The molecule has 7 nitrogen and oxygen atoms in total. The minimum Gasteiger partial charge on any atom is -0.470 e.